The van der Waals surface area contributed by atoms with Gasteiger partial charge in [0.2, 0.25) is 0 Å². The average Bonchev–Trinajstić information content (AvgIpc) is 3.35. The summed E-state index contributed by atoms with van der Waals surface area (Å²) in [6, 6.07) is 14.1. The van der Waals surface area contributed by atoms with E-state index in [1.54, 1.807) is 12.4 Å². The molecule has 0 spiro atoms. The van der Waals surface area contributed by atoms with E-state index in [2.05, 4.69) is 34.5 Å². The van der Waals surface area contributed by atoms with Gasteiger partial charge in [-0.15, -0.1) is 0 Å². The Morgan fingerprint density at radius 1 is 1.14 bits per heavy atom. The lowest BCUT2D eigenvalue weighted by atomic mass is 10.1. The molecule has 4 N–H and O–H groups in total. The minimum atomic E-state index is -1.03. The first kappa shape index (κ1) is 17.5. The van der Waals surface area contributed by atoms with Crippen LogP contribution in [0.3, 0.4) is 0 Å². The summed E-state index contributed by atoms with van der Waals surface area (Å²) in [7, 11) is 0. The maximum Gasteiger partial charge on any atom is 0.313 e. The number of primary amides is 1. The zero-order chi connectivity index (χ0) is 19.7. The standard InChI is InChI=1S/C21H19N5O2/c1-2-13-3-6-16(7-4-13)26-12-15(10-24-26)14-5-8-18-17(9-14)19(11-23-18)25-21(28)20(22)27/h3-12,23H,2H2,1H3,(H2,22,27)(H,25,28). The van der Waals surface area contributed by atoms with Crippen LogP contribution in [0.4, 0.5) is 5.69 Å². The molecule has 2 aromatic carbocycles. The van der Waals surface area contributed by atoms with Crippen LogP contribution in [0.5, 0.6) is 0 Å². The topological polar surface area (TPSA) is 106 Å². The summed E-state index contributed by atoms with van der Waals surface area (Å²) in [5.41, 5.74) is 10.5. The Morgan fingerprint density at radius 3 is 2.64 bits per heavy atom. The number of hydrogen-bond donors (Lipinski definition) is 3. The van der Waals surface area contributed by atoms with Gasteiger partial charge in [-0.2, -0.15) is 5.10 Å². The molecular weight excluding hydrogens is 354 g/mol. The largest absolute Gasteiger partial charge is 0.361 e. The highest BCUT2D eigenvalue weighted by atomic mass is 16.2. The van der Waals surface area contributed by atoms with Crippen molar-refractivity contribution in [3.63, 3.8) is 0 Å². The number of nitrogens with one attached hydrogen (secondary N) is 2. The van der Waals surface area contributed by atoms with E-state index in [-0.39, 0.29) is 0 Å². The van der Waals surface area contributed by atoms with E-state index in [4.69, 9.17) is 5.73 Å². The first-order chi connectivity index (χ1) is 13.5. The molecule has 7 nitrogen and oxygen atoms in total. The number of nitrogens with zero attached hydrogens (tertiary/aromatic N) is 2. The molecule has 4 aromatic rings. The van der Waals surface area contributed by atoms with E-state index >= 15 is 0 Å². The van der Waals surface area contributed by atoms with Crippen molar-refractivity contribution >= 4 is 28.4 Å². The van der Waals surface area contributed by atoms with Crippen molar-refractivity contribution in [2.45, 2.75) is 13.3 Å². The third-order valence-electron chi connectivity index (χ3n) is 4.68. The van der Waals surface area contributed by atoms with Crippen LogP contribution in [0.1, 0.15) is 12.5 Å². The summed E-state index contributed by atoms with van der Waals surface area (Å²) in [6.45, 7) is 2.12. The summed E-state index contributed by atoms with van der Waals surface area (Å²) in [4.78, 5) is 25.7. The predicted molar refractivity (Wildman–Crippen MR) is 108 cm³/mol. The molecule has 0 atom stereocenters. The molecule has 0 radical (unpaired) electrons. The summed E-state index contributed by atoms with van der Waals surface area (Å²) < 4.78 is 1.83. The number of carbonyl (C=O) groups is 2. The molecular formula is C21H19N5O2. The van der Waals surface area contributed by atoms with Crippen LogP contribution in [0.15, 0.2) is 61.1 Å². The highest BCUT2D eigenvalue weighted by molar-refractivity contribution is 6.39. The van der Waals surface area contributed by atoms with Gasteiger partial charge in [-0.05, 0) is 41.8 Å². The number of aromatic amines is 1. The number of H-pyrrole nitrogens is 1. The number of aromatic nitrogens is 3. The van der Waals surface area contributed by atoms with Crippen LogP contribution in [-0.2, 0) is 16.0 Å². The zero-order valence-electron chi connectivity index (χ0n) is 15.3. The van der Waals surface area contributed by atoms with Gasteiger partial charge in [-0.1, -0.05) is 25.1 Å². The Hall–Kier alpha value is -3.87. The van der Waals surface area contributed by atoms with Crippen LogP contribution in [0, 0.1) is 0 Å². The molecule has 0 aliphatic rings. The van der Waals surface area contributed by atoms with Crippen LogP contribution in [0.25, 0.3) is 27.7 Å². The van der Waals surface area contributed by atoms with Gasteiger partial charge in [0, 0.05) is 28.9 Å². The van der Waals surface area contributed by atoms with E-state index in [0.29, 0.717) is 5.69 Å². The second-order valence-electron chi connectivity index (χ2n) is 6.47. The number of amides is 2. The molecule has 28 heavy (non-hydrogen) atoms. The molecule has 2 aromatic heterocycles. The number of carbonyl (C=O) groups excluding carboxylic acids is 2. The Bertz CT molecular complexity index is 1170. The Balaban J connectivity index is 1.66. The second-order valence-corrected chi connectivity index (χ2v) is 6.47. The van der Waals surface area contributed by atoms with Crippen molar-refractivity contribution in [1.29, 1.82) is 0 Å². The number of anilines is 1. The van der Waals surface area contributed by atoms with Gasteiger partial charge in [0.15, 0.2) is 0 Å². The zero-order valence-corrected chi connectivity index (χ0v) is 15.3. The molecule has 0 bridgehead atoms. The maximum absolute atomic E-state index is 11.6. The van der Waals surface area contributed by atoms with E-state index in [9.17, 15) is 9.59 Å². The monoisotopic (exact) mass is 373 g/mol. The molecule has 140 valence electrons. The Labute approximate surface area is 161 Å². The van der Waals surface area contributed by atoms with Gasteiger partial charge in [0.25, 0.3) is 0 Å². The van der Waals surface area contributed by atoms with E-state index in [1.807, 2.05) is 41.2 Å². The average molecular weight is 373 g/mol. The second kappa shape index (κ2) is 7.03. The van der Waals surface area contributed by atoms with Gasteiger partial charge in [0.05, 0.1) is 17.6 Å². The Kier molecular flexibility index (Phi) is 4.41. The SMILES string of the molecule is CCc1ccc(-n2cc(-c3ccc4[nH]cc(NC(=O)C(N)=O)c4c3)cn2)cc1. The van der Waals surface area contributed by atoms with Gasteiger partial charge >= 0.3 is 11.8 Å². The number of hydrogen-bond acceptors (Lipinski definition) is 3. The van der Waals surface area contributed by atoms with Crippen molar-refractivity contribution in [3.8, 4) is 16.8 Å². The van der Waals surface area contributed by atoms with E-state index in [1.165, 1.54) is 5.56 Å². The molecule has 2 heterocycles. The van der Waals surface area contributed by atoms with E-state index < -0.39 is 11.8 Å². The minimum Gasteiger partial charge on any atom is -0.361 e. The fourth-order valence-electron chi connectivity index (χ4n) is 3.08. The van der Waals surface area contributed by atoms with Crippen LogP contribution in [-0.4, -0.2) is 26.6 Å². The van der Waals surface area contributed by atoms with Gasteiger partial charge in [-0.3, -0.25) is 9.59 Å². The lowest BCUT2D eigenvalue weighted by molar-refractivity contribution is -0.134. The number of fused-ring (bicyclic) bond motifs is 1. The first-order valence-electron chi connectivity index (χ1n) is 8.91. The molecule has 7 heteroatoms. The highest BCUT2D eigenvalue weighted by Crippen LogP contribution is 2.29. The molecule has 0 aliphatic heterocycles. The van der Waals surface area contributed by atoms with Crippen molar-refractivity contribution < 1.29 is 9.59 Å². The van der Waals surface area contributed by atoms with Crippen LogP contribution in [0.2, 0.25) is 0 Å². The maximum atomic E-state index is 11.6. The third-order valence-corrected chi connectivity index (χ3v) is 4.68. The van der Waals surface area contributed by atoms with Gasteiger partial charge in [-0.25, -0.2) is 4.68 Å². The number of rotatable bonds is 4. The van der Waals surface area contributed by atoms with Gasteiger partial charge in [0.1, 0.15) is 0 Å². The summed E-state index contributed by atoms with van der Waals surface area (Å²) in [6.07, 6.45) is 6.38. The molecule has 2 amide bonds. The quantitative estimate of drug-likeness (QED) is 0.479. The number of aryl methyl sites for hydroxylation is 1. The van der Waals surface area contributed by atoms with Crippen molar-refractivity contribution in [1.82, 2.24) is 14.8 Å². The fraction of sp³-hybridized carbons (Fsp3) is 0.0952. The number of benzene rings is 2. The van der Waals surface area contributed by atoms with Crippen LogP contribution >= 0.6 is 0 Å². The minimum absolute atomic E-state index is 0.503. The third kappa shape index (κ3) is 3.25. The smallest absolute Gasteiger partial charge is 0.313 e. The van der Waals surface area contributed by atoms with Crippen molar-refractivity contribution in [2.75, 3.05) is 5.32 Å². The summed E-state index contributed by atoms with van der Waals surface area (Å²) >= 11 is 0. The number of nitrogens with two attached hydrogens (primary N) is 1. The molecule has 0 fully saturated rings. The molecule has 4 rings (SSSR count). The van der Waals surface area contributed by atoms with Crippen molar-refractivity contribution in [3.05, 3.63) is 66.6 Å². The van der Waals surface area contributed by atoms with E-state index in [0.717, 1.165) is 34.1 Å². The molecule has 0 saturated carbocycles. The summed E-state index contributed by atoms with van der Waals surface area (Å²) in [5, 5.41) is 7.76. The predicted octanol–water partition coefficient (Wildman–Crippen LogP) is 3.01. The van der Waals surface area contributed by atoms with Crippen molar-refractivity contribution in [2.24, 2.45) is 5.73 Å². The van der Waals surface area contributed by atoms with Gasteiger partial charge < -0.3 is 16.0 Å². The lowest BCUT2D eigenvalue weighted by Crippen LogP contribution is -2.29. The highest BCUT2D eigenvalue weighted by Gasteiger charge is 2.13. The fourth-order valence-corrected chi connectivity index (χ4v) is 3.08. The molecule has 0 unspecified atom stereocenters. The lowest BCUT2D eigenvalue weighted by Gasteiger charge is -2.03. The Morgan fingerprint density at radius 2 is 1.93 bits per heavy atom. The molecule has 0 aliphatic carbocycles. The normalized spacial score (nSPS) is 10.9. The molecule has 0 saturated heterocycles. The summed E-state index contributed by atoms with van der Waals surface area (Å²) in [5.74, 6) is -1.88. The van der Waals surface area contributed by atoms with Crippen LogP contribution < -0.4 is 11.1 Å². The first-order valence-corrected chi connectivity index (χ1v) is 8.91.